The maximum Gasteiger partial charge on any atom is 0.345 e. The Kier molecular flexibility index (Phi) is 3.48. The van der Waals surface area contributed by atoms with E-state index in [1.54, 1.807) is 29.5 Å². The van der Waals surface area contributed by atoms with Crippen molar-refractivity contribution in [3.05, 3.63) is 51.7 Å². The fourth-order valence-electron chi connectivity index (χ4n) is 2.07. The molecule has 4 nitrogen and oxygen atoms in total. The second kappa shape index (κ2) is 5.31. The van der Waals surface area contributed by atoms with Gasteiger partial charge in [0, 0.05) is 26.6 Å². The van der Waals surface area contributed by atoms with Crippen LogP contribution in [0.4, 0.5) is 0 Å². The van der Waals surface area contributed by atoms with Gasteiger partial charge in [-0.05, 0) is 29.8 Å². The molecule has 0 fully saturated rings. The number of hydrogen-bond donors (Lipinski definition) is 2. The summed E-state index contributed by atoms with van der Waals surface area (Å²) < 4.78 is 0. The van der Waals surface area contributed by atoms with Crippen LogP contribution in [0.3, 0.4) is 0 Å². The zero-order valence-corrected chi connectivity index (χ0v) is 12.3. The van der Waals surface area contributed by atoms with Crippen LogP contribution in [0.25, 0.3) is 15.3 Å². The summed E-state index contributed by atoms with van der Waals surface area (Å²) in [5.74, 6) is -1.81. The predicted molar refractivity (Wildman–Crippen MR) is 82.9 cm³/mol. The Morgan fingerprint density at radius 1 is 0.857 bits per heavy atom. The molecule has 2 heterocycles. The molecule has 0 radical (unpaired) electrons. The van der Waals surface area contributed by atoms with Crippen LogP contribution in [0.5, 0.6) is 0 Å². The summed E-state index contributed by atoms with van der Waals surface area (Å²) in [5, 5.41) is 17.9. The van der Waals surface area contributed by atoms with Crippen LogP contribution in [-0.2, 0) is 4.79 Å². The smallest absolute Gasteiger partial charge is 0.345 e. The SMILES string of the molecule is O=C(O)C1=CC=C(c2ccc(-c3ccc(C(=O)O)s3)s2)C1. The standard InChI is InChI=1S/C15H10O4S2/c16-14(17)9-2-1-8(7-9)10-3-4-11(20-10)12-5-6-13(21-12)15(18)19/h1-6H,7H2,(H,16,17)(H,18,19). The van der Waals surface area contributed by atoms with Gasteiger partial charge in [0.1, 0.15) is 4.88 Å². The minimum absolute atomic E-state index is 0.315. The highest BCUT2D eigenvalue weighted by Gasteiger charge is 2.17. The summed E-state index contributed by atoms with van der Waals surface area (Å²) in [6.45, 7) is 0. The van der Waals surface area contributed by atoms with Gasteiger partial charge in [-0.15, -0.1) is 22.7 Å². The topological polar surface area (TPSA) is 74.6 Å². The van der Waals surface area contributed by atoms with Crippen molar-refractivity contribution < 1.29 is 19.8 Å². The van der Waals surface area contributed by atoms with E-state index in [2.05, 4.69) is 0 Å². The molecule has 106 valence electrons. The molecule has 1 aliphatic carbocycles. The van der Waals surface area contributed by atoms with Crippen molar-refractivity contribution in [1.82, 2.24) is 0 Å². The monoisotopic (exact) mass is 318 g/mol. The van der Waals surface area contributed by atoms with E-state index in [1.807, 2.05) is 18.2 Å². The summed E-state index contributed by atoms with van der Waals surface area (Å²) in [4.78, 5) is 25.1. The molecular formula is C15H10O4S2. The first kappa shape index (κ1) is 13.8. The first-order chi connectivity index (χ1) is 10.0. The lowest BCUT2D eigenvalue weighted by Gasteiger charge is -1.98. The maximum atomic E-state index is 10.9. The molecule has 0 bridgehead atoms. The van der Waals surface area contributed by atoms with E-state index in [0.717, 1.165) is 20.2 Å². The summed E-state index contributed by atoms with van der Waals surface area (Å²) in [6.07, 6.45) is 3.89. The van der Waals surface area contributed by atoms with E-state index in [9.17, 15) is 9.59 Å². The molecule has 2 aromatic rings. The van der Waals surface area contributed by atoms with E-state index >= 15 is 0 Å². The second-order valence-electron chi connectivity index (χ2n) is 4.50. The Labute approximate surface area is 128 Å². The molecule has 1 aliphatic rings. The van der Waals surface area contributed by atoms with Crippen molar-refractivity contribution in [3.63, 3.8) is 0 Å². The second-order valence-corrected chi connectivity index (χ2v) is 6.67. The van der Waals surface area contributed by atoms with Crippen molar-refractivity contribution in [2.75, 3.05) is 0 Å². The minimum Gasteiger partial charge on any atom is -0.478 e. The van der Waals surface area contributed by atoms with Gasteiger partial charge in [0.05, 0.1) is 0 Å². The first-order valence-corrected chi connectivity index (χ1v) is 7.74. The van der Waals surface area contributed by atoms with Crippen LogP contribution in [-0.4, -0.2) is 22.2 Å². The molecule has 0 amide bonds. The predicted octanol–water partition coefficient (Wildman–Crippen LogP) is 3.97. The van der Waals surface area contributed by atoms with Gasteiger partial charge < -0.3 is 10.2 Å². The van der Waals surface area contributed by atoms with Crippen LogP contribution in [0.2, 0.25) is 0 Å². The maximum absolute atomic E-state index is 10.9. The Hall–Kier alpha value is -2.18. The largest absolute Gasteiger partial charge is 0.478 e. The number of carboxylic acid groups (broad SMARTS) is 2. The van der Waals surface area contributed by atoms with Crippen molar-refractivity contribution in [2.24, 2.45) is 0 Å². The molecule has 0 saturated carbocycles. The van der Waals surface area contributed by atoms with E-state index in [-0.39, 0.29) is 0 Å². The van der Waals surface area contributed by atoms with Crippen LogP contribution >= 0.6 is 22.7 Å². The average molecular weight is 318 g/mol. The lowest BCUT2D eigenvalue weighted by molar-refractivity contribution is -0.132. The number of thiophene rings is 2. The van der Waals surface area contributed by atoms with E-state index in [1.165, 1.54) is 11.3 Å². The minimum atomic E-state index is -0.920. The number of carboxylic acids is 2. The average Bonchev–Trinajstić information content (AvgIpc) is 3.18. The number of carbonyl (C=O) groups is 2. The zero-order chi connectivity index (χ0) is 15.0. The highest BCUT2D eigenvalue weighted by molar-refractivity contribution is 7.23. The van der Waals surface area contributed by atoms with Gasteiger partial charge in [-0.1, -0.05) is 12.2 Å². The summed E-state index contributed by atoms with van der Waals surface area (Å²) >= 11 is 2.78. The third-order valence-corrected chi connectivity index (χ3v) is 5.55. The third-order valence-electron chi connectivity index (χ3n) is 3.12. The molecular weight excluding hydrogens is 308 g/mol. The molecule has 2 N–H and O–H groups in total. The van der Waals surface area contributed by atoms with Crippen molar-refractivity contribution in [3.8, 4) is 9.75 Å². The number of aliphatic carboxylic acids is 1. The molecule has 2 aromatic heterocycles. The molecule has 0 atom stereocenters. The zero-order valence-electron chi connectivity index (χ0n) is 10.7. The summed E-state index contributed by atoms with van der Waals surface area (Å²) in [6, 6.07) is 7.29. The normalized spacial score (nSPS) is 13.9. The summed E-state index contributed by atoms with van der Waals surface area (Å²) in [7, 11) is 0. The molecule has 21 heavy (non-hydrogen) atoms. The third kappa shape index (κ3) is 2.68. The molecule has 0 spiro atoms. The van der Waals surface area contributed by atoms with E-state index < -0.39 is 11.9 Å². The lowest BCUT2D eigenvalue weighted by Crippen LogP contribution is -1.97. The number of aromatic carboxylic acids is 1. The fraction of sp³-hybridized carbons (Fsp3) is 0.0667. The molecule has 0 aliphatic heterocycles. The van der Waals surface area contributed by atoms with Crippen LogP contribution in [0, 0.1) is 0 Å². The van der Waals surface area contributed by atoms with E-state index in [0.29, 0.717) is 16.9 Å². The van der Waals surface area contributed by atoms with Crippen molar-refractivity contribution >= 4 is 40.2 Å². The molecule has 6 heteroatoms. The van der Waals surface area contributed by atoms with Gasteiger partial charge in [0.15, 0.2) is 0 Å². The van der Waals surface area contributed by atoms with Crippen LogP contribution < -0.4 is 0 Å². The van der Waals surface area contributed by atoms with Gasteiger partial charge in [0.25, 0.3) is 0 Å². The number of rotatable bonds is 4. The number of allylic oxidation sites excluding steroid dienone is 3. The highest BCUT2D eigenvalue weighted by atomic mass is 32.1. The quantitative estimate of drug-likeness (QED) is 0.894. The van der Waals surface area contributed by atoms with Gasteiger partial charge in [0.2, 0.25) is 0 Å². The van der Waals surface area contributed by atoms with Gasteiger partial charge in [-0.25, -0.2) is 9.59 Å². The van der Waals surface area contributed by atoms with Crippen molar-refractivity contribution in [1.29, 1.82) is 0 Å². The molecule has 0 saturated heterocycles. The van der Waals surface area contributed by atoms with Crippen molar-refractivity contribution in [2.45, 2.75) is 6.42 Å². The molecule has 0 unspecified atom stereocenters. The Balaban J connectivity index is 1.81. The van der Waals surface area contributed by atoms with Gasteiger partial charge >= 0.3 is 11.9 Å². The summed E-state index contributed by atoms with van der Waals surface area (Å²) in [5.41, 5.74) is 1.38. The van der Waals surface area contributed by atoms with Crippen LogP contribution in [0.1, 0.15) is 21.0 Å². The molecule has 0 aromatic carbocycles. The van der Waals surface area contributed by atoms with E-state index in [4.69, 9.17) is 10.2 Å². The Morgan fingerprint density at radius 3 is 2.14 bits per heavy atom. The van der Waals surface area contributed by atoms with Gasteiger partial charge in [-0.3, -0.25) is 0 Å². The fourth-order valence-corrected chi connectivity index (χ4v) is 4.03. The number of hydrogen-bond acceptors (Lipinski definition) is 4. The van der Waals surface area contributed by atoms with Crippen LogP contribution in [0.15, 0.2) is 42.0 Å². The highest BCUT2D eigenvalue weighted by Crippen LogP contribution is 2.38. The Morgan fingerprint density at radius 2 is 1.52 bits per heavy atom. The van der Waals surface area contributed by atoms with Gasteiger partial charge in [-0.2, -0.15) is 0 Å². The molecule has 3 rings (SSSR count). The first-order valence-electron chi connectivity index (χ1n) is 6.11. The Bertz CT molecular complexity index is 792. The lowest BCUT2D eigenvalue weighted by atomic mass is 10.1.